The summed E-state index contributed by atoms with van der Waals surface area (Å²) in [5, 5.41) is 3.81. The van der Waals surface area contributed by atoms with Gasteiger partial charge in [-0.25, -0.2) is 0 Å². The van der Waals surface area contributed by atoms with E-state index < -0.39 is 0 Å². The fraction of sp³-hybridized carbons (Fsp3) is 0.875. The van der Waals surface area contributed by atoms with Gasteiger partial charge < -0.3 is 10.1 Å². The van der Waals surface area contributed by atoms with E-state index in [2.05, 4.69) is 37.1 Å². The molecule has 19 heavy (non-hydrogen) atoms. The molecule has 1 saturated heterocycles. The molecule has 2 rings (SSSR count). The number of hydrogen-bond acceptors (Lipinski definition) is 3. The lowest BCUT2D eigenvalue weighted by Gasteiger charge is -2.40. The molecule has 0 spiro atoms. The zero-order chi connectivity index (χ0) is 13.7. The SMILES string of the molecule is CCOC1CC(NC2CCN(CC=C(C)C)CC2)C1. The number of likely N-dealkylation sites (tertiary alicyclic amines) is 1. The normalized spacial score (nSPS) is 29.0. The lowest BCUT2D eigenvalue weighted by atomic mass is 9.87. The van der Waals surface area contributed by atoms with Crippen molar-refractivity contribution >= 4 is 0 Å². The van der Waals surface area contributed by atoms with Crippen LogP contribution in [0, 0.1) is 0 Å². The highest BCUT2D eigenvalue weighted by molar-refractivity contribution is 4.96. The molecule has 1 heterocycles. The van der Waals surface area contributed by atoms with E-state index in [4.69, 9.17) is 4.74 Å². The van der Waals surface area contributed by atoms with E-state index in [0.717, 1.165) is 19.2 Å². The van der Waals surface area contributed by atoms with E-state index in [0.29, 0.717) is 12.1 Å². The van der Waals surface area contributed by atoms with Crippen LogP contribution < -0.4 is 5.32 Å². The van der Waals surface area contributed by atoms with Gasteiger partial charge in [-0.05, 0) is 59.5 Å². The van der Waals surface area contributed by atoms with E-state index in [-0.39, 0.29) is 0 Å². The smallest absolute Gasteiger partial charge is 0.0604 e. The second kappa shape index (κ2) is 7.41. The average molecular weight is 266 g/mol. The van der Waals surface area contributed by atoms with Gasteiger partial charge in [0.15, 0.2) is 0 Å². The largest absolute Gasteiger partial charge is 0.378 e. The van der Waals surface area contributed by atoms with Crippen molar-refractivity contribution in [2.24, 2.45) is 0 Å². The first-order chi connectivity index (χ1) is 9.17. The van der Waals surface area contributed by atoms with Gasteiger partial charge in [0.25, 0.3) is 0 Å². The number of rotatable bonds is 6. The van der Waals surface area contributed by atoms with Gasteiger partial charge in [0.05, 0.1) is 6.10 Å². The summed E-state index contributed by atoms with van der Waals surface area (Å²) in [4.78, 5) is 2.56. The molecule has 0 bridgehead atoms. The van der Waals surface area contributed by atoms with Crippen molar-refractivity contribution in [1.29, 1.82) is 0 Å². The van der Waals surface area contributed by atoms with Crippen LogP contribution in [0.25, 0.3) is 0 Å². The highest BCUT2D eigenvalue weighted by Gasteiger charge is 2.31. The van der Waals surface area contributed by atoms with Crippen LogP contribution in [-0.2, 0) is 4.74 Å². The summed E-state index contributed by atoms with van der Waals surface area (Å²) in [6, 6.07) is 1.45. The van der Waals surface area contributed by atoms with E-state index in [1.165, 1.54) is 44.3 Å². The van der Waals surface area contributed by atoms with Crippen LogP contribution >= 0.6 is 0 Å². The summed E-state index contributed by atoms with van der Waals surface area (Å²) in [5.41, 5.74) is 1.43. The van der Waals surface area contributed by atoms with E-state index >= 15 is 0 Å². The maximum atomic E-state index is 5.61. The lowest BCUT2D eigenvalue weighted by Crippen LogP contribution is -2.52. The van der Waals surface area contributed by atoms with Crippen LogP contribution in [0.3, 0.4) is 0 Å². The van der Waals surface area contributed by atoms with Gasteiger partial charge in [-0.3, -0.25) is 4.90 Å². The first kappa shape index (κ1) is 15.0. The maximum absolute atomic E-state index is 5.61. The fourth-order valence-corrected chi connectivity index (χ4v) is 3.00. The third-order valence-corrected chi connectivity index (χ3v) is 4.31. The molecule has 110 valence electrons. The fourth-order valence-electron chi connectivity index (χ4n) is 3.00. The zero-order valence-electron chi connectivity index (χ0n) is 12.8. The number of allylic oxidation sites excluding steroid dienone is 1. The van der Waals surface area contributed by atoms with Gasteiger partial charge in [0.2, 0.25) is 0 Å². The highest BCUT2D eigenvalue weighted by Crippen LogP contribution is 2.25. The monoisotopic (exact) mass is 266 g/mol. The molecule has 0 unspecified atom stereocenters. The lowest BCUT2D eigenvalue weighted by molar-refractivity contribution is -0.0141. The Balaban J connectivity index is 1.58. The van der Waals surface area contributed by atoms with E-state index in [1.54, 1.807) is 0 Å². The van der Waals surface area contributed by atoms with Gasteiger partial charge in [0, 0.05) is 25.2 Å². The third kappa shape index (κ3) is 4.90. The summed E-state index contributed by atoms with van der Waals surface area (Å²) in [7, 11) is 0. The quantitative estimate of drug-likeness (QED) is 0.748. The van der Waals surface area contributed by atoms with Gasteiger partial charge in [-0.1, -0.05) is 11.6 Å². The second-order valence-corrected chi connectivity index (χ2v) is 6.27. The molecule has 0 aromatic rings. The molecule has 0 radical (unpaired) electrons. The summed E-state index contributed by atoms with van der Waals surface area (Å²) in [5.74, 6) is 0. The summed E-state index contributed by atoms with van der Waals surface area (Å²) >= 11 is 0. The minimum atomic E-state index is 0.528. The third-order valence-electron chi connectivity index (χ3n) is 4.31. The molecule has 0 aromatic carbocycles. The van der Waals surface area contributed by atoms with Crippen molar-refractivity contribution in [1.82, 2.24) is 10.2 Å². The van der Waals surface area contributed by atoms with Crippen molar-refractivity contribution in [2.45, 2.75) is 64.6 Å². The Kier molecular flexibility index (Phi) is 5.86. The number of nitrogens with zero attached hydrogens (tertiary/aromatic N) is 1. The number of ether oxygens (including phenoxy) is 1. The van der Waals surface area contributed by atoms with Crippen LogP contribution in [0.2, 0.25) is 0 Å². The summed E-state index contributed by atoms with van der Waals surface area (Å²) in [6.45, 7) is 10.9. The van der Waals surface area contributed by atoms with Gasteiger partial charge >= 0.3 is 0 Å². The predicted octanol–water partition coefficient (Wildman–Crippen LogP) is 2.57. The van der Waals surface area contributed by atoms with Gasteiger partial charge in [-0.15, -0.1) is 0 Å². The first-order valence-electron chi connectivity index (χ1n) is 7.90. The standard InChI is InChI=1S/C16H30N2O/c1-4-19-16-11-15(12-16)17-14-6-9-18(10-7-14)8-5-13(2)3/h5,14-17H,4,6-12H2,1-3H3. The minimum absolute atomic E-state index is 0.528. The first-order valence-corrected chi connectivity index (χ1v) is 7.90. The van der Waals surface area contributed by atoms with Crippen molar-refractivity contribution < 1.29 is 4.74 Å². The molecular formula is C16H30N2O. The van der Waals surface area contributed by atoms with Crippen molar-refractivity contribution in [3.8, 4) is 0 Å². The van der Waals surface area contributed by atoms with Crippen LogP contribution in [0.15, 0.2) is 11.6 Å². The van der Waals surface area contributed by atoms with E-state index in [9.17, 15) is 0 Å². The van der Waals surface area contributed by atoms with Crippen LogP contribution in [0.1, 0.15) is 46.5 Å². The Bertz CT molecular complexity index is 285. The number of piperidine rings is 1. The van der Waals surface area contributed by atoms with Gasteiger partial charge in [-0.2, -0.15) is 0 Å². The van der Waals surface area contributed by atoms with Crippen molar-refractivity contribution in [2.75, 3.05) is 26.2 Å². The van der Waals surface area contributed by atoms with Gasteiger partial charge in [0.1, 0.15) is 0 Å². The average Bonchev–Trinajstić information content (AvgIpc) is 2.35. The summed E-state index contributed by atoms with van der Waals surface area (Å²) in [6.07, 6.45) is 7.89. The van der Waals surface area contributed by atoms with Crippen molar-refractivity contribution in [3.63, 3.8) is 0 Å². The summed E-state index contributed by atoms with van der Waals surface area (Å²) < 4.78 is 5.61. The topological polar surface area (TPSA) is 24.5 Å². The molecule has 1 aliphatic carbocycles. The minimum Gasteiger partial charge on any atom is -0.378 e. The van der Waals surface area contributed by atoms with Crippen LogP contribution in [-0.4, -0.2) is 49.3 Å². The molecule has 2 fully saturated rings. The van der Waals surface area contributed by atoms with Crippen LogP contribution in [0.4, 0.5) is 0 Å². The molecule has 0 atom stereocenters. The molecule has 3 nitrogen and oxygen atoms in total. The molecule has 0 amide bonds. The molecule has 1 aliphatic heterocycles. The Labute approximate surface area is 118 Å². The predicted molar refractivity (Wildman–Crippen MR) is 80.5 cm³/mol. The molecular weight excluding hydrogens is 236 g/mol. The molecule has 2 aliphatic rings. The Morgan fingerprint density at radius 1 is 1.21 bits per heavy atom. The number of hydrogen-bond donors (Lipinski definition) is 1. The van der Waals surface area contributed by atoms with E-state index in [1.807, 2.05) is 0 Å². The second-order valence-electron chi connectivity index (χ2n) is 6.27. The Hall–Kier alpha value is -0.380. The molecule has 1 N–H and O–H groups in total. The zero-order valence-corrected chi connectivity index (χ0v) is 12.8. The Morgan fingerprint density at radius 2 is 1.89 bits per heavy atom. The molecule has 3 heteroatoms. The Morgan fingerprint density at radius 3 is 2.47 bits per heavy atom. The molecule has 0 aromatic heterocycles. The number of nitrogens with one attached hydrogen (secondary N) is 1. The highest BCUT2D eigenvalue weighted by atomic mass is 16.5. The maximum Gasteiger partial charge on any atom is 0.0604 e. The van der Waals surface area contributed by atoms with Crippen molar-refractivity contribution in [3.05, 3.63) is 11.6 Å². The molecule has 1 saturated carbocycles. The van der Waals surface area contributed by atoms with Crippen LogP contribution in [0.5, 0.6) is 0 Å².